The minimum Gasteiger partial charge on any atom is -0.394 e. The van der Waals surface area contributed by atoms with Gasteiger partial charge in [-0.1, -0.05) is 0 Å². The van der Waals surface area contributed by atoms with E-state index in [2.05, 4.69) is 29.1 Å². The van der Waals surface area contributed by atoms with Crippen molar-refractivity contribution in [3.63, 3.8) is 0 Å². The van der Waals surface area contributed by atoms with E-state index < -0.39 is 0 Å². The van der Waals surface area contributed by atoms with E-state index in [-0.39, 0.29) is 12.1 Å². The Morgan fingerprint density at radius 1 is 1.15 bits per heavy atom. The molecule has 1 aliphatic carbocycles. The molecule has 1 saturated carbocycles. The first kappa shape index (κ1) is 14.8. The van der Waals surface area contributed by atoms with E-state index in [4.69, 9.17) is 0 Å². The minimum absolute atomic E-state index is 0.0849. The van der Waals surface area contributed by atoms with Gasteiger partial charge in [-0.25, -0.2) is 0 Å². The van der Waals surface area contributed by atoms with Crippen molar-refractivity contribution in [1.82, 2.24) is 15.1 Å². The summed E-state index contributed by atoms with van der Waals surface area (Å²) in [5, 5.41) is 13.3. The summed E-state index contributed by atoms with van der Waals surface area (Å²) in [6, 6.07) is 2.25. The second-order valence-electron chi connectivity index (χ2n) is 7.53. The summed E-state index contributed by atoms with van der Waals surface area (Å²) in [6.07, 6.45) is 7.71. The Labute approximate surface area is 123 Å². The topological polar surface area (TPSA) is 38.7 Å². The molecule has 0 aromatic carbocycles. The fraction of sp³-hybridized carbons (Fsp3) is 1.00. The van der Waals surface area contributed by atoms with E-state index >= 15 is 0 Å². The highest BCUT2D eigenvalue weighted by molar-refractivity contribution is 4.94. The molecule has 0 spiro atoms. The number of rotatable bonds is 6. The van der Waals surface area contributed by atoms with Gasteiger partial charge in [0.15, 0.2) is 0 Å². The third-order valence-electron chi connectivity index (χ3n) is 5.69. The fourth-order valence-corrected chi connectivity index (χ4v) is 3.90. The Morgan fingerprint density at radius 2 is 1.90 bits per heavy atom. The van der Waals surface area contributed by atoms with E-state index in [1.54, 1.807) is 0 Å². The number of nitrogens with zero attached hydrogens (tertiary/aromatic N) is 2. The van der Waals surface area contributed by atoms with Gasteiger partial charge in [-0.3, -0.25) is 4.90 Å². The lowest BCUT2D eigenvalue weighted by Crippen LogP contribution is -2.49. The van der Waals surface area contributed by atoms with Crippen LogP contribution in [0.2, 0.25) is 0 Å². The number of aliphatic hydroxyl groups excluding tert-OH is 1. The van der Waals surface area contributed by atoms with Crippen LogP contribution in [0.3, 0.4) is 0 Å². The van der Waals surface area contributed by atoms with Crippen LogP contribution in [0.15, 0.2) is 0 Å². The number of fused-ring (bicyclic) bond motifs is 2. The van der Waals surface area contributed by atoms with Gasteiger partial charge in [0.1, 0.15) is 0 Å². The zero-order valence-electron chi connectivity index (χ0n) is 13.1. The Kier molecular flexibility index (Phi) is 4.37. The highest BCUT2D eigenvalue weighted by atomic mass is 16.3. The van der Waals surface area contributed by atoms with Gasteiger partial charge < -0.3 is 15.3 Å². The normalized spacial score (nSPS) is 35.0. The van der Waals surface area contributed by atoms with Crippen molar-refractivity contribution in [2.75, 3.05) is 33.3 Å². The molecule has 3 fully saturated rings. The SMILES string of the molecule is CN1C2CCC1CN(CCC(C)(CO)NC1CC1)CC2. The first-order chi connectivity index (χ1) is 9.59. The third-order valence-corrected chi connectivity index (χ3v) is 5.69. The molecule has 3 aliphatic rings. The molecule has 0 aromatic heterocycles. The summed E-state index contributed by atoms with van der Waals surface area (Å²) in [5.41, 5.74) is -0.0849. The maximum Gasteiger partial charge on any atom is 0.0611 e. The van der Waals surface area contributed by atoms with Crippen molar-refractivity contribution in [2.45, 2.75) is 69.1 Å². The minimum atomic E-state index is -0.0849. The lowest BCUT2D eigenvalue weighted by atomic mass is 9.97. The van der Waals surface area contributed by atoms with Gasteiger partial charge in [0.05, 0.1) is 6.61 Å². The van der Waals surface area contributed by atoms with Crippen LogP contribution in [0, 0.1) is 0 Å². The Balaban J connectivity index is 1.50. The molecule has 2 saturated heterocycles. The molecular weight excluding hydrogens is 250 g/mol. The first-order valence-electron chi connectivity index (χ1n) is 8.42. The molecule has 4 nitrogen and oxygen atoms in total. The van der Waals surface area contributed by atoms with Crippen LogP contribution in [0.5, 0.6) is 0 Å². The summed E-state index contributed by atoms with van der Waals surface area (Å²) >= 11 is 0. The molecule has 2 aliphatic heterocycles. The molecule has 0 radical (unpaired) electrons. The van der Waals surface area contributed by atoms with Crippen molar-refractivity contribution in [3.8, 4) is 0 Å². The van der Waals surface area contributed by atoms with E-state index in [0.29, 0.717) is 6.04 Å². The molecule has 3 unspecified atom stereocenters. The predicted molar refractivity (Wildman–Crippen MR) is 81.9 cm³/mol. The van der Waals surface area contributed by atoms with Gasteiger partial charge in [0, 0.05) is 36.8 Å². The molecule has 20 heavy (non-hydrogen) atoms. The van der Waals surface area contributed by atoms with Gasteiger partial charge in [-0.2, -0.15) is 0 Å². The molecular formula is C16H31N3O. The van der Waals surface area contributed by atoms with Crippen LogP contribution < -0.4 is 5.32 Å². The second-order valence-corrected chi connectivity index (χ2v) is 7.53. The van der Waals surface area contributed by atoms with Crippen LogP contribution in [-0.2, 0) is 0 Å². The molecule has 0 amide bonds. The molecule has 2 heterocycles. The molecule has 2 N–H and O–H groups in total. The third kappa shape index (κ3) is 3.35. The molecule has 116 valence electrons. The van der Waals surface area contributed by atoms with Crippen LogP contribution in [0.4, 0.5) is 0 Å². The summed E-state index contributed by atoms with van der Waals surface area (Å²) < 4.78 is 0. The van der Waals surface area contributed by atoms with Crippen molar-refractivity contribution >= 4 is 0 Å². The Morgan fingerprint density at radius 3 is 2.60 bits per heavy atom. The molecule has 3 rings (SSSR count). The lowest BCUT2D eigenvalue weighted by molar-refractivity contribution is 0.139. The van der Waals surface area contributed by atoms with Crippen LogP contribution in [0.1, 0.15) is 45.4 Å². The van der Waals surface area contributed by atoms with Gasteiger partial charge in [-0.05, 0) is 59.0 Å². The molecule has 3 atom stereocenters. The maximum atomic E-state index is 9.71. The summed E-state index contributed by atoms with van der Waals surface area (Å²) in [5.74, 6) is 0. The Hall–Kier alpha value is -0.160. The predicted octanol–water partition coefficient (Wildman–Crippen LogP) is 1.05. The quantitative estimate of drug-likeness (QED) is 0.763. The van der Waals surface area contributed by atoms with E-state index in [1.807, 2.05) is 0 Å². The number of likely N-dealkylation sites (tertiary alicyclic amines) is 1. The number of aliphatic hydroxyl groups is 1. The average Bonchev–Trinajstić information content (AvgIpc) is 3.17. The van der Waals surface area contributed by atoms with E-state index in [1.165, 1.54) is 45.2 Å². The molecule has 2 bridgehead atoms. The fourth-order valence-electron chi connectivity index (χ4n) is 3.90. The lowest BCUT2D eigenvalue weighted by Gasteiger charge is -2.33. The largest absolute Gasteiger partial charge is 0.394 e. The van der Waals surface area contributed by atoms with Gasteiger partial charge in [0.2, 0.25) is 0 Å². The van der Waals surface area contributed by atoms with Gasteiger partial charge in [0.25, 0.3) is 0 Å². The first-order valence-corrected chi connectivity index (χ1v) is 8.42. The number of likely N-dealkylation sites (N-methyl/N-ethyl adjacent to an activating group) is 1. The smallest absolute Gasteiger partial charge is 0.0611 e. The molecule has 0 aromatic rings. The van der Waals surface area contributed by atoms with Crippen molar-refractivity contribution < 1.29 is 5.11 Å². The second kappa shape index (κ2) is 5.91. The zero-order valence-corrected chi connectivity index (χ0v) is 13.1. The van der Waals surface area contributed by atoms with Crippen molar-refractivity contribution in [2.24, 2.45) is 0 Å². The van der Waals surface area contributed by atoms with Crippen LogP contribution >= 0.6 is 0 Å². The van der Waals surface area contributed by atoms with E-state index in [9.17, 15) is 5.11 Å². The number of hydrogen-bond acceptors (Lipinski definition) is 4. The number of hydrogen-bond donors (Lipinski definition) is 2. The highest BCUT2D eigenvalue weighted by Crippen LogP contribution is 2.29. The van der Waals surface area contributed by atoms with Crippen molar-refractivity contribution in [1.29, 1.82) is 0 Å². The summed E-state index contributed by atoms with van der Waals surface area (Å²) in [4.78, 5) is 5.23. The number of nitrogens with one attached hydrogen (secondary N) is 1. The van der Waals surface area contributed by atoms with Gasteiger partial charge in [-0.15, -0.1) is 0 Å². The standard InChI is InChI=1S/C16H31N3O/c1-16(12-20,17-13-3-4-13)8-10-19-9-7-14-5-6-15(11-19)18(14)2/h13-15,17,20H,3-12H2,1-2H3. The summed E-state index contributed by atoms with van der Waals surface area (Å²) in [6.45, 7) is 6.01. The molecule has 4 heteroatoms. The highest BCUT2D eigenvalue weighted by Gasteiger charge is 2.36. The Bertz CT molecular complexity index is 334. The van der Waals surface area contributed by atoms with Gasteiger partial charge >= 0.3 is 0 Å². The maximum absolute atomic E-state index is 9.71. The summed E-state index contributed by atoms with van der Waals surface area (Å²) in [7, 11) is 2.30. The zero-order chi connectivity index (χ0) is 14.2. The van der Waals surface area contributed by atoms with Crippen molar-refractivity contribution in [3.05, 3.63) is 0 Å². The average molecular weight is 281 g/mol. The van der Waals surface area contributed by atoms with E-state index in [0.717, 1.165) is 25.0 Å². The monoisotopic (exact) mass is 281 g/mol. The van der Waals surface area contributed by atoms with Crippen LogP contribution in [0.25, 0.3) is 0 Å². The van der Waals surface area contributed by atoms with Crippen LogP contribution in [-0.4, -0.2) is 71.9 Å².